The van der Waals surface area contributed by atoms with E-state index in [1.807, 2.05) is 29.6 Å². The van der Waals surface area contributed by atoms with Crippen molar-refractivity contribution in [1.82, 2.24) is 14.3 Å². The van der Waals surface area contributed by atoms with E-state index in [4.69, 9.17) is 9.47 Å². The predicted molar refractivity (Wildman–Crippen MR) is 98.9 cm³/mol. The van der Waals surface area contributed by atoms with E-state index < -0.39 is 10.0 Å². The highest BCUT2D eigenvalue weighted by molar-refractivity contribution is 7.89. The SMILES string of the molecule is COc1ccc(OC)c(S(=O)(=O)NCc2ccc(-c3csnn3)cc2)c1. The summed E-state index contributed by atoms with van der Waals surface area (Å²) in [6, 6.07) is 12.1. The molecule has 0 fully saturated rings. The summed E-state index contributed by atoms with van der Waals surface area (Å²) in [7, 11) is -0.862. The average Bonchev–Trinajstić information content (AvgIpc) is 3.21. The number of nitrogens with one attached hydrogen (secondary N) is 1. The minimum Gasteiger partial charge on any atom is -0.497 e. The molecule has 1 heterocycles. The summed E-state index contributed by atoms with van der Waals surface area (Å²) < 4.78 is 42.0. The monoisotopic (exact) mass is 391 g/mol. The van der Waals surface area contributed by atoms with E-state index in [1.54, 1.807) is 12.1 Å². The number of ether oxygens (including phenoxy) is 2. The zero-order chi connectivity index (χ0) is 18.6. The van der Waals surface area contributed by atoms with E-state index in [2.05, 4.69) is 14.3 Å². The fraction of sp³-hybridized carbons (Fsp3) is 0.176. The zero-order valence-corrected chi connectivity index (χ0v) is 15.8. The summed E-state index contributed by atoms with van der Waals surface area (Å²) in [4.78, 5) is 0.0320. The summed E-state index contributed by atoms with van der Waals surface area (Å²) >= 11 is 1.28. The smallest absolute Gasteiger partial charge is 0.244 e. The molecule has 0 aliphatic carbocycles. The number of hydrogen-bond acceptors (Lipinski definition) is 7. The normalized spacial score (nSPS) is 11.3. The van der Waals surface area contributed by atoms with Gasteiger partial charge < -0.3 is 9.47 Å². The maximum atomic E-state index is 12.6. The summed E-state index contributed by atoms with van der Waals surface area (Å²) in [6.07, 6.45) is 0. The van der Waals surface area contributed by atoms with Gasteiger partial charge in [-0.2, -0.15) is 0 Å². The quantitative estimate of drug-likeness (QED) is 0.666. The number of benzene rings is 2. The Labute approximate surface area is 155 Å². The highest BCUT2D eigenvalue weighted by Gasteiger charge is 2.20. The molecule has 0 aliphatic heterocycles. The first kappa shape index (κ1) is 18.3. The van der Waals surface area contributed by atoms with Gasteiger partial charge in [-0.25, -0.2) is 13.1 Å². The van der Waals surface area contributed by atoms with Gasteiger partial charge in [0.1, 0.15) is 22.1 Å². The molecule has 2 aromatic carbocycles. The summed E-state index contributed by atoms with van der Waals surface area (Å²) in [5.74, 6) is 0.692. The van der Waals surface area contributed by atoms with Crippen molar-refractivity contribution < 1.29 is 17.9 Å². The molecule has 0 aliphatic rings. The maximum absolute atomic E-state index is 12.6. The van der Waals surface area contributed by atoms with Crippen LogP contribution in [0.25, 0.3) is 11.3 Å². The van der Waals surface area contributed by atoms with Crippen LogP contribution in [0.5, 0.6) is 11.5 Å². The van der Waals surface area contributed by atoms with E-state index in [0.717, 1.165) is 16.8 Å². The number of hydrogen-bond donors (Lipinski definition) is 1. The molecule has 7 nitrogen and oxygen atoms in total. The molecule has 3 aromatic rings. The van der Waals surface area contributed by atoms with Gasteiger partial charge in [0.25, 0.3) is 0 Å². The number of aromatic nitrogens is 2. The Morgan fingerprint density at radius 1 is 1.08 bits per heavy atom. The largest absolute Gasteiger partial charge is 0.497 e. The molecule has 0 spiro atoms. The first-order chi connectivity index (χ1) is 12.5. The van der Waals surface area contributed by atoms with Crippen molar-refractivity contribution in [3.05, 3.63) is 53.4 Å². The van der Waals surface area contributed by atoms with E-state index in [1.165, 1.54) is 31.8 Å². The first-order valence-electron chi connectivity index (χ1n) is 7.61. The third kappa shape index (κ3) is 4.01. The molecule has 9 heteroatoms. The Hall–Kier alpha value is -2.49. The minimum atomic E-state index is -3.76. The lowest BCUT2D eigenvalue weighted by Crippen LogP contribution is -2.23. The Balaban J connectivity index is 1.76. The van der Waals surface area contributed by atoms with E-state index in [-0.39, 0.29) is 17.2 Å². The topological polar surface area (TPSA) is 90.4 Å². The van der Waals surface area contributed by atoms with Crippen molar-refractivity contribution >= 4 is 21.6 Å². The molecule has 1 aromatic heterocycles. The van der Waals surface area contributed by atoms with E-state index in [0.29, 0.717) is 5.75 Å². The Morgan fingerprint density at radius 3 is 2.46 bits per heavy atom. The number of rotatable bonds is 7. The fourth-order valence-electron chi connectivity index (χ4n) is 2.33. The van der Waals surface area contributed by atoms with Gasteiger partial charge in [0.15, 0.2) is 0 Å². The molecule has 3 rings (SSSR count). The lowest BCUT2D eigenvalue weighted by Gasteiger charge is -2.12. The molecule has 0 unspecified atom stereocenters. The summed E-state index contributed by atoms with van der Waals surface area (Å²) in [5, 5.41) is 5.86. The molecule has 1 N–H and O–H groups in total. The van der Waals surface area contributed by atoms with Crippen molar-refractivity contribution in [2.45, 2.75) is 11.4 Å². The van der Waals surface area contributed by atoms with Crippen molar-refractivity contribution in [2.24, 2.45) is 0 Å². The molecule has 0 saturated carbocycles. The highest BCUT2D eigenvalue weighted by atomic mass is 32.2. The van der Waals surface area contributed by atoms with Crippen LogP contribution < -0.4 is 14.2 Å². The molecule has 0 saturated heterocycles. The van der Waals surface area contributed by atoms with Crippen molar-refractivity contribution in [2.75, 3.05) is 14.2 Å². The van der Waals surface area contributed by atoms with Crippen LogP contribution in [-0.2, 0) is 16.6 Å². The highest BCUT2D eigenvalue weighted by Crippen LogP contribution is 2.28. The molecular formula is C17H17N3O4S2. The molecule has 136 valence electrons. The first-order valence-corrected chi connectivity index (χ1v) is 9.93. The number of methoxy groups -OCH3 is 2. The molecule has 0 radical (unpaired) electrons. The van der Waals surface area contributed by atoms with Crippen LogP contribution in [0.4, 0.5) is 0 Å². The van der Waals surface area contributed by atoms with Crippen molar-refractivity contribution in [1.29, 1.82) is 0 Å². The second-order valence-corrected chi connectivity index (χ2v) is 7.67. The van der Waals surface area contributed by atoms with Crippen LogP contribution in [-0.4, -0.2) is 32.2 Å². The zero-order valence-electron chi connectivity index (χ0n) is 14.2. The van der Waals surface area contributed by atoms with Gasteiger partial charge in [0.2, 0.25) is 10.0 Å². The standard InChI is InChI=1S/C17H17N3O4S2/c1-23-14-7-8-16(24-2)17(9-14)26(21,22)18-10-12-3-5-13(6-4-12)15-11-25-20-19-15/h3-9,11,18H,10H2,1-2H3. The lowest BCUT2D eigenvalue weighted by molar-refractivity contribution is 0.392. The number of sulfonamides is 1. The van der Waals surface area contributed by atoms with Gasteiger partial charge in [-0.05, 0) is 29.2 Å². The predicted octanol–water partition coefficient (Wildman–Crippen LogP) is 2.70. The van der Waals surface area contributed by atoms with Crippen molar-refractivity contribution in [3.8, 4) is 22.8 Å². The second kappa shape index (κ2) is 7.81. The summed E-state index contributed by atoms with van der Waals surface area (Å²) in [5.41, 5.74) is 2.55. The number of nitrogens with zero attached hydrogens (tertiary/aromatic N) is 2. The van der Waals surface area contributed by atoms with Crippen LogP contribution in [0.3, 0.4) is 0 Å². The Bertz CT molecular complexity index is 972. The van der Waals surface area contributed by atoms with E-state index >= 15 is 0 Å². The Kier molecular flexibility index (Phi) is 5.50. The second-order valence-electron chi connectivity index (χ2n) is 5.33. The fourth-order valence-corrected chi connectivity index (χ4v) is 4.00. The van der Waals surface area contributed by atoms with Gasteiger partial charge >= 0.3 is 0 Å². The minimum absolute atomic E-state index is 0.0320. The molecule has 26 heavy (non-hydrogen) atoms. The van der Waals surface area contributed by atoms with Gasteiger partial charge in [0, 0.05) is 23.6 Å². The van der Waals surface area contributed by atoms with Gasteiger partial charge in [-0.1, -0.05) is 28.8 Å². The molecule has 0 amide bonds. The van der Waals surface area contributed by atoms with Gasteiger partial charge in [-0.3, -0.25) is 0 Å². The molecular weight excluding hydrogens is 374 g/mol. The van der Waals surface area contributed by atoms with Gasteiger partial charge in [0.05, 0.1) is 14.2 Å². The Morgan fingerprint density at radius 2 is 1.85 bits per heavy atom. The van der Waals surface area contributed by atoms with Crippen LogP contribution in [0.1, 0.15) is 5.56 Å². The molecule has 0 atom stereocenters. The third-order valence-corrected chi connectivity index (χ3v) is 5.66. The van der Waals surface area contributed by atoms with Crippen LogP contribution in [0.15, 0.2) is 52.7 Å². The van der Waals surface area contributed by atoms with Crippen LogP contribution in [0, 0.1) is 0 Å². The lowest BCUT2D eigenvalue weighted by atomic mass is 10.1. The average molecular weight is 391 g/mol. The van der Waals surface area contributed by atoms with Crippen LogP contribution in [0.2, 0.25) is 0 Å². The summed E-state index contributed by atoms with van der Waals surface area (Å²) in [6.45, 7) is 0.151. The molecule has 0 bridgehead atoms. The maximum Gasteiger partial charge on any atom is 0.244 e. The third-order valence-electron chi connectivity index (χ3n) is 3.74. The van der Waals surface area contributed by atoms with Crippen molar-refractivity contribution in [3.63, 3.8) is 0 Å². The van der Waals surface area contributed by atoms with E-state index in [9.17, 15) is 8.42 Å². The van der Waals surface area contributed by atoms with Gasteiger partial charge in [-0.15, -0.1) is 5.10 Å². The van der Waals surface area contributed by atoms with Crippen LogP contribution >= 0.6 is 11.5 Å².